The number of benzene rings is 1. The predicted octanol–water partition coefficient (Wildman–Crippen LogP) is 3.69. The third kappa shape index (κ3) is 5.43. The number of Topliss-reactive ketones (excluding diaryl/α,β-unsaturated/α-hetero) is 1. The Bertz CT molecular complexity index is 666. The number of carbonyl (C=O) groups excluding carboxylic acids is 3. The molecule has 0 radical (unpaired) electrons. The van der Waals surface area contributed by atoms with Gasteiger partial charge in [-0.2, -0.15) is 0 Å². The van der Waals surface area contributed by atoms with Gasteiger partial charge in [-0.25, -0.2) is 4.79 Å². The van der Waals surface area contributed by atoms with E-state index in [0.29, 0.717) is 19.6 Å². The standard InChI is InChI=1S/C23H31NO4/c25-21(19-13-5-2-6-14-19)22(26)24-16-8-7-15-20(24)23(27)28-17-9-12-18-10-3-1-4-11-18/h1,3-4,10-11,19-20H,2,5-9,12-17H2/t20-/m0/s1. The van der Waals surface area contributed by atoms with Crippen molar-refractivity contribution in [1.29, 1.82) is 0 Å². The Balaban J connectivity index is 1.50. The van der Waals surface area contributed by atoms with E-state index in [4.69, 9.17) is 4.74 Å². The molecule has 2 aliphatic rings. The first-order valence-electron chi connectivity index (χ1n) is 10.7. The minimum Gasteiger partial charge on any atom is -0.464 e. The molecule has 152 valence electrons. The zero-order valence-corrected chi connectivity index (χ0v) is 16.6. The Morgan fingerprint density at radius 1 is 0.929 bits per heavy atom. The van der Waals surface area contributed by atoms with E-state index in [-0.39, 0.29) is 17.7 Å². The number of aryl methyl sites for hydroxylation is 1. The van der Waals surface area contributed by atoms with Crippen LogP contribution in [-0.2, 0) is 25.5 Å². The van der Waals surface area contributed by atoms with E-state index in [1.54, 1.807) is 0 Å². The molecule has 5 nitrogen and oxygen atoms in total. The van der Waals surface area contributed by atoms with Crippen molar-refractivity contribution in [3.63, 3.8) is 0 Å². The van der Waals surface area contributed by atoms with Crippen LogP contribution in [-0.4, -0.2) is 41.8 Å². The summed E-state index contributed by atoms with van der Waals surface area (Å²) in [5.74, 6) is -1.30. The molecule has 3 rings (SSSR count). The maximum Gasteiger partial charge on any atom is 0.328 e. The predicted molar refractivity (Wildman–Crippen MR) is 107 cm³/mol. The Morgan fingerprint density at radius 3 is 2.39 bits per heavy atom. The second-order valence-corrected chi connectivity index (χ2v) is 7.97. The molecule has 5 heteroatoms. The molecule has 1 aliphatic carbocycles. The lowest BCUT2D eigenvalue weighted by molar-refractivity contribution is -0.160. The van der Waals surface area contributed by atoms with E-state index in [9.17, 15) is 14.4 Å². The van der Waals surface area contributed by atoms with E-state index in [1.807, 2.05) is 18.2 Å². The number of esters is 1. The monoisotopic (exact) mass is 385 g/mol. The molecule has 0 spiro atoms. The van der Waals surface area contributed by atoms with Gasteiger partial charge in [0.05, 0.1) is 6.61 Å². The van der Waals surface area contributed by atoms with Gasteiger partial charge in [-0.1, -0.05) is 49.6 Å². The van der Waals surface area contributed by atoms with Crippen molar-refractivity contribution < 1.29 is 19.1 Å². The number of rotatable bonds is 7. The summed E-state index contributed by atoms with van der Waals surface area (Å²) in [5, 5.41) is 0. The van der Waals surface area contributed by atoms with E-state index in [2.05, 4.69) is 12.1 Å². The van der Waals surface area contributed by atoms with Crippen LogP contribution >= 0.6 is 0 Å². The lowest BCUT2D eigenvalue weighted by Gasteiger charge is -2.34. The van der Waals surface area contributed by atoms with Gasteiger partial charge in [-0.05, 0) is 50.5 Å². The summed E-state index contributed by atoms with van der Waals surface area (Å²) in [6.07, 6.45) is 8.65. The third-order valence-electron chi connectivity index (χ3n) is 5.92. The van der Waals surface area contributed by atoms with E-state index in [0.717, 1.165) is 57.8 Å². The summed E-state index contributed by atoms with van der Waals surface area (Å²) in [7, 11) is 0. The minimum absolute atomic E-state index is 0.161. The van der Waals surface area contributed by atoms with Crippen LogP contribution in [0, 0.1) is 5.92 Å². The molecular weight excluding hydrogens is 354 g/mol. The zero-order chi connectivity index (χ0) is 19.8. The molecule has 0 aromatic heterocycles. The van der Waals surface area contributed by atoms with Crippen LogP contribution < -0.4 is 0 Å². The average molecular weight is 386 g/mol. The summed E-state index contributed by atoms with van der Waals surface area (Å²) < 4.78 is 5.46. The fraction of sp³-hybridized carbons (Fsp3) is 0.609. The number of piperidine rings is 1. The van der Waals surface area contributed by atoms with E-state index >= 15 is 0 Å². The first-order chi connectivity index (χ1) is 13.7. The number of amides is 1. The SMILES string of the molecule is O=C(C(=O)N1CCCC[C@H]1C(=O)OCCCc1ccccc1)C1CCCCC1. The molecule has 0 N–H and O–H groups in total. The van der Waals surface area contributed by atoms with Crippen molar-refractivity contribution in [3.05, 3.63) is 35.9 Å². The highest BCUT2D eigenvalue weighted by Gasteiger charge is 2.38. The third-order valence-corrected chi connectivity index (χ3v) is 5.92. The molecule has 0 unspecified atom stereocenters. The maximum absolute atomic E-state index is 12.8. The zero-order valence-electron chi connectivity index (χ0n) is 16.6. The fourth-order valence-corrected chi connectivity index (χ4v) is 4.29. The molecule has 1 heterocycles. The van der Waals surface area contributed by atoms with Crippen molar-refractivity contribution in [1.82, 2.24) is 4.90 Å². The van der Waals surface area contributed by atoms with Crippen molar-refractivity contribution in [2.75, 3.05) is 13.2 Å². The quantitative estimate of drug-likeness (QED) is 0.408. The molecular formula is C23H31NO4. The van der Waals surface area contributed by atoms with Gasteiger partial charge >= 0.3 is 5.97 Å². The normalized spacial score (nSPS) is 20.6. The van der Waals surface area contributed by atoms with Crippen LogP contribution in [0.2, 0.25) is 0 Å². The fourth-order valence-electron chi connectivity index (χ4n) is 4.29. The van der Waals surface area contributed by atoms with E-state index in [1.165, 1.54) is 10.5 Å². The number of likely N-dealkylation sites (tertiary alicyclic amines) is 1. The van der Waals surface area contributed by atoms with Gasteiger partial charge in [0.1, 0.15) is 6.04 Å². The van der Waals surface area contributed by atoms with Gasteiger partial charge < -0.3 is 9.64 Å². The van der Waals surface area contributed by atoms with Gasteiger partial charge in [0, 0.05) is 12.5 Å². The van der Waals surface area contributed by atoms with Gasteiger partial charge in [0.2, 0.25) is 5.78 Å². The van der Waals surface area contributed by atoms with Gasteiger partial charge in [-0.15, -0.1) is 0 Å². The number of ether oxygens (including phenoxy) is 1. The van der Waals surface area contributed by atoms with Crippen LogP contribution in [0.15, 0.2) is 30.3 Å². The molecule has 0 bridgehead atoms. The molecule has 28 heavy (non-hydrogen) atoms. The molecule has 1 aliphatic heterocycles. The summed E-state index contributed by atoms with van der Waals surface area (Å²) in [5.41, 5.74) is 1.21. The minimum atomic E-state index is -0.606. The Kier molecular flexibility index (Phi) is 7.63. The van der Waals surface area contributed by atoms with E-state index < -0.39 is 11.9 Å². The number of nitrogens with zero attached hydrogens (tertiary/aromatic N) is 1. The highest BCUT2D eigenvalue weighted by Crippen LogP contribution is 2.26. The van der Waals surface area contributed by atoms with Crippen LogP contribution in [0.25, 0.3) is 0 Å². The molecule has 1 saturated carbocycles. The number of hydrogen-bond acceptors (Lipinski definition) is 4. The van der Waals surface area contributed by atoms with Crippen molar-refractivity contribution in [2.45, 2.75) is 70.3 Å². The smallest absolute Gasteiger partial charge is 0.328 e. The molecule has 1 atom stereocenters. The van der Waals surface area contributed by atoms with Crippen molar-refractivity contribution in [3.8, 4) is 0 Å². The van der Waals surface area contributed by atoms with Crippen molar-refractivity contribution in [2.24, 2.45) is 5.92 Å². The highest BCUT2D eigenvalue weighted by molar-refractivity contribution is 6.37. The molecule has 1 amide bonds. The van der Waals surface area contributed by atoms with Crippen LogP contribution in [0.3, 0.4) is 0 Å². The lowest BCUT2D eigenvalue weighted by Crippen LogP contribution is -2.52. The highest BCUT2D eigenvalue weighted by atomic mass is 16.5. The second-order valence-electron chi connectivity index (χ2n) is 7.97. The maximum atomic E-state index is 12.8. The first kappa shape index (κ1) is 20.6. The molecule has 1 saturated heterocycles. The van der Waals surface area contributed by atoms with Crippen LogP contribution in [0.1, 0.15) is 63.4 Å². The Hall–Kier alpha value is -2.17. The molecule has 1 aromatic carbocycles. The lowest BCUT2D eigenvalue weighted by atomic mass is 9.85. The van der Waals surface area contributed by atoms with Gasteiger partial charge in [0.25, 0.3) is 5.91 Å². The largest absolute Gasteiger partial charge is 0.464 e. The molecule has 2 fully saturated rings. The van der Waals surface area contributed by atoms with Gasteiger partial charge in [-0.3, -0.25) is 9.59 Å². The summed E-state index contributed by atoms with van der Waals surface area (Å²) in [4.78, 5) is 39.5. The van der Waals surface area contributed by atoms with Crippen molar-refractivity contribution >= 4 is 17.7 Å². The van der Waals surface area contributed by atoms with Gasteiger partial charge in [0.15, 0.2) is 0 Å². The number of hydrogen-bond donors (Lipinski definition) is 0. The summed E-state index contributed by atoms with van der Waals surface area (Å²) >= 11 is 0. The number of carbonyl (C=O) groups is 3. The summed E-state index contributed by atoms with van der Waals surface area (Å²) in [6, 6.07) is 9.48. The summed E-state index contributed by atoms with van der Waals surface area (Å²) in [6.45, 7) is 0.809. The second kappa shape index (κ2) is 10.4. The topological polar surface area (TPSA) is 63.7 Å². The molecule has 1 aromatic rings. The van der Waals surface area contributed by atoms with Crippen LogP contribution in [0.5, 0.6) is 0 Å². The first-order valence-corrected chi connectivity index (χ1v) is 10.7. The Morgan fingerprint density at radius 2 is 1.64 bits per heavy atom. The number of ketones is 1. The van der Waals surface area contributed by atoms with Crippen LogP contribution in [0.4, 0.5) is 0 Å². The Labute approximate surface area is 167 Å². The average Bonchev–Trinajstić information content (AvgIpc) is 2.77.